The van der Waals surface area contributed by atoms with E-state index in [0.29, 0.717) is 17.8 Å². The molecule has 0 amide bonds. The number of carbonyl (C=O) groups is 1. The van der Waals surface area contributed by atoms with E-state index in [0.717, 1.165) is 25.7 Å². The largest absolute Gasteiger partial charge is 0.459 e. The molecule has 0 aromatic carbocycles. The number of hydrogen-bond acceptors (Lipinski definition) is 2. The highest BCUT2D eigenvalue weighted by atomic mass is 16.6. The number of carbonyl (C=O) groups excluding carboxylic acids is 1. The highest BCUT2D eigenvalue weighted by molar-refractivity contribution is 5.66. The lowest BCUT2D eigenvalue weighted by molar-refractivity contribution is -0.157. The summed E-state index contributed by atoms with van der Waals surface area (Å²) in [6.45, 7) is 12.4. The van der Waals surface area contributed by atoms with Gasteiger partial charge in [-0.15, -0.1) is 0 Å². The van der Waals surface area contributed by atoms with E-state index in [1.807, 2.05) is 0 Å². The summed E-state index contributed by atoms with van der Waals surface area (Å²) >= 11 is 0. The average Bonchev–Trinajstić information content (AvgIpc) is 2.49. The Morgan fingerprint density at radius 3 is 2.74 bits per heavy atom. The van der Waals surface area contributed by atoms with Gasteiger partial charge in [0.05, 0.1) is 0 Å². The van der Waals surface area contributed by atoms with E-state index < -0.39 is 0 Å². The van der Waals surface area contributed by atoms with Gasteiger partial charge in [-0.25, -0.2) is 0 Å². The monoisotopic (exact) mass is 262 g/mol. The van der Waals surface area contributed by atoms with Gasteiger partial charge in [-0.1, -0.05) is 37.6 Å². The van der Waals surface area contributed by atoms with Crippen molar-refractivity contribution >= 4 is 5.97 Å². The molecule has 0 N–H and O–H groups in total. The fraction of sp³-hybridized carbons (Fsp3) is 0.706. The van der Waals surface area contributed by atoms with Crippen molar-refractivity contribution in [2.45, 2.75) is 59.0 Å². The van der Waals surface area contributed by atoms with Crippen molar-refractivity contribution in [1.29, 1.82) is 0 Å². The van der Waals surface area contributed by atoms with Gasteiger partial charge < -0.3 is 4.74 Å². The molecule has 0 bridgehead atoms. The Bertz CT molecular complexity index is 419. The normalized spacial score (nSPS) is 34.8. The first-order chi connectivity index (χ1) is 8.83. The minimum atomic E-state index is -0.343. The van der Waals surface area contributed by atoms with E-state index in [1.54, 1.807) is 0 Å². The third-order valence-electron chi connectivity index (χ3n) is 4.86. The maximum Gasteiger partial charge on any atom is 0.303 e. The van der Waals surface area contributed by atoms with Crippen LogP contribution in [0.15, 0.2) is 23.8 Å². The average molecular weight is 262 g/mol. The van der Waals surface area contributed by atoms with Gasteiger partial charge in [-0.3, -0.25) is 4.79 Å². The lowest BCUT2D eigenvalue weighted by Gasteiger charge is -2.32. The van der Waals surface area contributed by atoms with E-state index in [4.69, 9.17) is 4.74 Å². The summed E-state index contributed by atoms with van der Waals surface area (Å²) in [6.07, 6.45) is 6.63. The summed E-state index contributed by atoms with van der Waals surface area (Å²) in [6, 6.07) is 0. The van der Waals surface area contributed by atoms with Crippen LogP contribution in [-0.4, -0.2) is 11.6 Å². The topological polar surface area (TPSA) is 26.3 Å². The van der Waals surface area contributed by atoms with Crippen molar-refractivity contribution in [3.8, 4) is 0 Å². The third-order valence-corrected chi connectivity index (χ3v) is 4.86. The second-order valence-corrected chi connectivity index (χ2v) is 6.63. The summed E-state index contributed by atoms with van der Waals surface area (Å²) in [5.74, 6) is 1.19. The van der Waals surface area contributed by atoms with Crippen LogP contribution in [0.2, 0.25) is 0 Å². The molecule has 0 radical (unpaired) electrons. The van der Waals surface area contributed by atoms with Gasteiger partial charge in [0, 0.05) is 12.8 Å². The van der Waals surface area contributed by atoms with E-state index in [1.165, 1.54) is 18.1 Å². The lowest BCUT2D eigenvalue weighted by atomic mass is 9.83. The summed E-state index contributed by atoms with van der Waals surface area (Å²) in [4.78, 5) is 11.4. The fourth-order valence-electron chi connectivity index (χ4n) is 3.70. The molecule has 0 saturated heterocycles. The van der Waals surface area contributed by atoms with Crippen LogP contribution < -0.4 is 0 Å². The molecule has 1 saturated carbocycles. The van der Waals surface area contributed by atoms with E-state index in [2.05, 4.69) is 33.4 Å². The molecular weight excluding hydrogens is 236 g/mol. The van der Waals surface area contributed by atoms with E-state index >= 15 is 0 Å². The molecule has 2 aliphatic rings. The number of esters is 1. The fourth-order valence-corrected chi connectivity index (χ4v) is 3.70. The van der Waals surface area contributed by atoms with Gasteiger partial charge in [0.1, 0.15) is 5.60 Å². The zero-order valence-corrected chi connectivity index (χ0v) is 12.7. The predicted molar refractivity (Wildman–Crippen MR) is 77.7 cm³/mol. The standard InChI is InChI=1S/C17H26O2/c1-11(2)14-7-6-12(3)15-8-9-17(5,16(15)10-14)19-13(4)18/h10-11,15-16H,3,6-9H2,1-2,4-5H3/t15-,16-,17-/m1/s1. The van der Waals surface area contributed by atoms with Crippen molar-refractivity contribution in [2.24, 2.45) is 17.8 Å². The SMILES string of the molecule is C=C1CCC(C(C)C)=C[C@@H]2[C@@H]1CC[C@@]2(C)OC(C)=O. The summed E-state index contributed by atoms with van der Waals surface area (Å²) in [7, 11) is 0. The van der Waals surface area contributed by atoms with Crippen LogP contribution in [0.5, 0.6) is 0 Å². The molecule has 2 rings (SSSR count). The van der Waals surface area contributed by atoms with Gasteiger partial charge >= 0.3 is 5.97 Å². The van der Waals surface area contributed by atoms with Crippen molar-refractivity contribution in [2.75, 3.05) is 0 Å². The van der Waals surface area contributed by atoms with Crippen molar-refractivity contribution in [1.82, 2.24) is 0 Å². The van der Waals surface area contributed by atoms with Gasteiger partial charge in [-0.05, 0) is 44.4 Å². The summed E-state index contributed by atoms with van der Waals surface area (Å²) in [5.41, 5.74) is 2.49. The minimum absolute atomic E-state index is 0.169. The quantitative estimate of drug-likeness (QED) is 0.549. The number of hydrogen-bond donors (Lipinski definition) is 0. The zero-order valence-electron chi connectivity index (χ0n) is 12.7. The van der Waals surface area contributed by atoms with Crippen molar-refractivity contribution in [3.05, 3.63) is 23.8 Å². The smallest absolute Gasteiger partial charge is 0.303 e. The maximum atomic E-state index is 11.4. The molecule has 3 atom stereocenters. The molecule has 2 aliphatic carbocycles. The summed E-state index contributed by atoms with van der Waals surface area (Å²) < 4.78 is 5.68. The minimum Gasteiger partial charge on any atom is -0.459 e. The molecular formula is C17H26O2. The number of fused-ring (bicyclic) bond motifs is 1. The van der Waals surface area contributed by atoms with Crippen molar-refractivity contribution < 1.29 is 9.53 Å². The molecule has 0 aromatic rings. The Morgan fingerprint density at radius 2 is 2.16 bits per heavy atom. The van der Waals surface area contributed by atoms with Crippen LogP contribution in [-0.2, 0) is 9.53 Å². The van der Waals surface area contributed by atoms with Crippen LogP contribution in [0.4, 0.5) is 0 Å². The first-order valence-corrected chi connectivity index (χ1v) is 7.41. The van der Waals surface area contributed by atoms with Gasteiger partial charge in [0.25, 0.3) is 0 Å². The number of ether oxygens (including phenoxy) is 1. The summed E-state index contributed by atoms with van der Waals surface area (Å²) in [5, 5.41) is 0. The highest BCUT2D eigenvalue weighted by Crippen LogP contribution is 2.50. The Morgan fingerprint density at radius 1 is 1.47 bits per heavy atom. The molecule has 0 aromatic heterocycles. The molecule has 106 valence electrons. The van der Waals surface area contributed by atoms with Gasteiger partial charge in [-0.2, -0.15) is 0 Å². The Balaban J connectivity index is 2.34. The number of rotatable bonds is 2. The maximum absolute atomic E-state index is 11.4. The molecule has 0 heterocycles. The second kappa shape index (κ2) is 5.15. The molecule has 0 spiro atoms. The molecule has 2 nitrogen and oxygen atoms in total. The first kappa shape index (κ1) is 14.4. The van der Waals surface area contributed by atoms with E-state index in [-0.39, 0.29) is 11.6 Å². The second-order valence-electron chi connectivity index (χ2n) is 6.63. The van der Waals surface area contributed by atoms with E-state index in [9.17, 15) is 4.79 Å². The predicted octanol–water partition coefficient (Wildman–Crippen LogP) is 4.27. The lowest BCUT2D eigenvalue weighted by Crippen LogP contribution is -2.36. The van der Waals surface area contributed by atoms with Gasteiger partial charge in [0.2, 0.25) is 0 Å². The Hall–Kier alpha value is -1.05. The molecule has 1 fully saturated rings. The number of allylic oxidation sites excluding steroid dienone is 2. The van der Waals surface area contributed by atoms with Crippen LogP contribution in [0, 0.1) is 17.8 Å². The van der Waals surface area contributed by atoms with Crippen LogP contribution in [0.25, 0.3) is 0 Å². The first-order valence-electron chi connectivity index (χ1n) is 7.41. The van der Waals surface area contributed by atoms with Crippen LogP contribution in [0.1, 0.15) is 53.4 Å². The molecule has 0 aliphatic heterocycles. The molecule has 19 heavy (non-hydrogen) atoms. The molecule has 0 unspecified atom stereocenters. The molecule has 2 heteroatoms. The Kier molecular flexibility index (Phi) is 3.89. The van der Waals surface area contributed by atoms with Crippen LogP contribution in [0.3, 0.4) is 0 Å². The Labute approximate surface area is 116 Å². The van der Waals surface area contributed by atoms with Crippen molar-refractivity contribution in [3.63, 3.8) is 0 Å². The van der Waals surface area contributed by atoms with Crippen LogP contribution >= 0.6 is 0 Å². The third kappa shape index (κ3) is 2.77. The van der Waals surface area contributed by atoms with Gasteiger partial charge in [0.15, 0.2) is 0 Å². The highest BCUT2D eigenvalue weighted by Gasteiger charge is 2.48. The zero-order chi connectivity index (χ0) is 14.2.